The van der Waals surface area contributed by atoms with Gasteiger partial charge in [0.1, 0.15) is 5.82 Å². The molecule has 0 radical (unpaired) electrons. The number of carbonyl (C=O) groups is 1. The van der Waals surface area contributed by atoms with Crippen LogP contribution in [0.4, 0.5) is 4.39 Å². The molecule has 0 spiro atoms. The van der Waals surface area contributed by atoms with Gasteiger partial charge in [-0.15, -0.1) is 0 Å². The van der Waals surface area contributed by atoms with Crippen LogP contribution in [0.25, 0.3) is 0 Å². The van der Waals surface area contributed by atoms with Gasteiger partial charge in [0, 0.05) is 30.6 Å². The van der Waals surface area contributed by atoms with Gasteiger partial charge in [-0.1, -0.05) is 18.7 Å². The monoisotopic (exact) mass is 262 g/mol. The van der Waals surface area contributed by atoms with Crippen molar-refractivity contribution in [2.24, 2.45) is 5.73 Å². The standard InChI is InChI=1S/C15H19FN2O/c1-10(2)15(19)18-7-6-13(14(17)9-18)11-4-3-5-12(16)8-11/h3-5,8,13-14H,1,6-7,9,17H2,2H3. The van der Waals surface area contributed by atoms with Crippen molar-refractivity contribution >= 4 is 5.91 Å². The number of halogens is 1. The third-order valence-corrected chi connectivity index (χ3v) is 3.59. The first kappa shape index (κ1) is 13.7. The van der Waals surface area contributed by atoms with Gasteiger partial charge in [0.25, 0.3) is 0 Å². The Morgan fingerprint density at radius 3 is 2.84 bits per heavy atom. The predicted molar refractivity (Wildman–Crippen MR) is 73.1 cm³/mol. The average molecular weight is 262 g/mol. The maximum Gasteiger partial charge on any atom is 0.248 e. The zero-order valence-corrected chi connectivity index (χ0v) is 11.1. The van der Waals surface area contributed by atoms with Crippen LogP contribution in [0.3, 0.4) is 0 Å². The van der Waals surface area contributed by atoms with Crippen molar-refractivity contribution in [2.75, 3.05) is 13.1 Å². The van der Waals surface area contributed by atoms with Crippen molar-refractivity contribution in [1.29, 1.82) is 0 Å². The molecule has 1 saturated heterocycles. The Kier molecular flexibility index (Phi) is 4.00. The largest absolute Gasteiger partial charge is 0.337 e. The summed E-state index contributed by atoms with van der Waals surface area (Å²) >= 11 is 0. The number of hydrogen-bond acceptors (Lipinski definition) is 2. The summed E-state index contributed by atoms with van der Waals surface area (Å²) in [6.45, 7) is 6.50. The zero-order chi connectivity index (χ0) is 14.0. The molecule has 19 heavy (non-hydrogen) atoms. The van der Waals surface area contributed by atoms with Crippen LogP contribution in [0.5, 0.6) is 0 Å². The van der Waals surface area contributed by atoms with E-state index in [2.05, 4.69) is 6.58 Å². The Balaban J connectivity index is 2.09. The molecule has 1 heterocycles. The molecule has 1 fully saturated rings. The highest BCUT2D eigenvalue weighted by atomic mass is 19.1. The predicted octanol–water partition coefficient (Wildman–Crippen LogP) is 2.04. The topological polar surface area (TPSA) is 46.3 Å². The van der Waals surface area contributed by atoms with Gasteiger partial charge in [0.15, 0.2) is 0 Å². The Morgan fingerprint density at radius 1 is 1.53 bits per heavy atom. The van der Waals surface area contributed by atoms with Gasteiger partial charge in [-0.05, 0) is 31.0 Å². The quantitative estimate of drug-likeness (QED) is 0.829. The number of amides is 1. The molecule has 1 aliphatic rings. The van der Waals surface area contributed by atoms with Crippen molar-refractivity contribution in [1.82, 2.24) is 4.90 Å². The van der Waals surface area contributed by atoms with Crippen molar-refractivity contribution < 1.29 is 9.18 Å². The van der Waals surface area contributed by atoms with E-state index in [9.17, 15) is 9.18 Å². The average Bonchev–Trinajstić information content (AvgIpc) is 2.37. The highest BCUT2D eigenvalue weighted by Crippen LogP contribution is 2.28. The summed E-state index contributed by atoms with van der Waals surface area (Å²) in [5, 5.41) is 0. The van der Waals surface area contributed by atoms with Crippen LogP contribution in [0, 0.1) is 5.82 Å². The number of nitrogens with zero attached hydrogens (tertiary/aromatic N) is 1. The number of carbonyl (C=O) groups excluding carboxylic acids is 1. The molecule has 1 aromatic carbocycles. The molecular formula is C15H19FN2O. The Bertz CT molecular complexity index is 501. The van der Waals surface area contributed by atoms with Gasteiger partial charge >= 0.3 is 0 Å². The molecule has 102 valence electrons. The van der Waals surface area contributed by atoms with Crippen molar-refractivity contribution in [3.63, 3.8) is 0 Å². The molecule has 0 bridgehead atoms. The summed E-state index contributed by atoms with van der Waals surface area (Å²) in [6.07, 6.45) is 0.754. The van der Waals surface area contributed by atoms with Crippen molar-refractivity contribution in [2.45, 2.75) is 25.3 Å². The number of nitrogens with two attached hydrogens (primary N) is 1. The fraction of sp³-hybridized carbons (Fsp3) is 0.400. The van der Waals surface area contributed by atoms with Crippen LogP contribution < -0.4 is 5.73 Å². The van der Waals surface area contributed by atoms with Crippen LogP contribution in [0.15, 0.2) is 36.4 Å². The molecular weight excluding hydrogens is 243 g/mol. The molecule has 4 heteroatoms. The van der Waals surface area contributed by atoms with Gasteiger partial charge in [-0.3, -0.25) is 4.79 Å². The van der Waals surface area contributed by atoms with E-state index in [0.717, 1.165) is 12.0 Å². The summed E-state index contributed by atoms with van der Waals surface area (Å²) < 4.78 is 13.2. The molecule has 0 saturated carbocycles. The van der Waals surface area contributed by atoms with E-state index in [1.165, 1.54) is 12.1 Å². The molecule has 1 amide bonds. The maximum atomic E-state index is 13.2. The van der Waals surface area contributed by atoms with E-state index < -0.39 is 0 Å². The molecule has 2 atom stereocenters. The number of hydrogen-bond donors (Lipinski definition) is 1. The second-order valence-electron chi connectivity index (χ2n) is 5.15. The van der Waals surface area contributed by atoms with Crippen LogP contribution in [-0.2, 0) is 4.79 Å². The van der Waals surface area contributed by atoms with Crippen LogP contribution >= 0.6 is 0 Å². The molecule has 1 aromatic rings. The highest BCUT2D eigenvalue weighted by molar-refractivity contribution is 5.92. The first-order chi connectivity index (χ1) is 8.99. The zero-order valence-electron chi connectivity index (χ0n) is 11.1. The van der Waals surface area contributed by atoms with E-state index in [-0.39, 0.29) is 23.7 Å². The third kappa shape index (κ3) is 3.01. The number of benzene rings is 1. The molecule has 2 N–H and O–H groups in total. The Hall–Kier alpha value is -1.68. The number of piperidine rings is 1. The normalized spacial score (nSPS) is 23.2. The fourth-order valence-corrected chi connectivity index (χ4v) is 2.59. The number of rotatable bonds is 2. The first-order valence-electron chi connectivity index (χ1n) is 6.45. The van der Waals surface area contributed by atoms with E-state index in [1.807, 2.05) is 6.07 Å². The number of likely N-dealkylation sites (tertiary alicyclic amines) is 1. The highest BCUT2D eigenvalue weighted by Gasteiger charge is 2.30. The second-order valence-corrected chi connectivity index (χ2v) is 5.15. The smallest absolute Gasteiger partial charge is 0.248 e. The fourth-order valence-electron chi connectivity index (χ4n) is 2.59. The lowest BCUT2D eigenvalue weighted by molar-refractivity contribution is -0.128. The molecule has 0 aliphatic carbocycles. The summed E-state index contributed by atoms with van der Waals surface area (Å²) in [5.41, 5.74) is 7.58. The Morgan fingerprint density at radius 2 is 2.26 bits per heavy atom. The summed E-state index contributed by atoms with van der Waals surface area (Å²) in [5.74, 6) is -0.192. The maximum absolute atomic E-state index is 13.2. The SMILES string of the molecule is C=C(C)C(=O)N1CCC(c2cccc(F)c2)C(N)C1. The van der Waals surface area contributed by atoms with E-state index >= 15 is 0 Å². The molecule has 2 unspecified atom stereocenters. The van der Waals surface area contributed by atoms with Crippen LogP contribution in [0.2, 0.25) is 0 Å². The minimum absolute atomic E-state index is 0.0480. The van der Waals surface area contributed by atoms with Gasteiger partial charge in [0.05, 0.1) is 0 Å². The minimum Gasteiger partial charge on any atom is -0.337 e. The van der Waals surface area contributed by atoms with Gasteiger partial charge < -0.3 is 10.6 Å². The van der Waals surface area contributed by atoms with Crippen LogP contribution in [-0.4, -0.2) is 29.9 Å². The van der Waals surface area contributed by atoms with Gasteiger partial charge in [0.2, 0.25) is 5.91 Å². The molecule has 1 aliphatic heterocycles. The summed E-state index contributed by atoms with van der Waals surface area (Å²) in [4.78, 5) is 13.6. The summed E-state index contributed by atoms with van der Waals surface area (Å²) in [7, 11) is 0. The lowest BCUT2D eigenvalue weighted by Gasteiger charge is -2.37. The van der Waals surface area contributed by atoms with Gasteiger partial charge in [-0.2, -0.15) is 0 Å². The lowest BCUT2D eigenvalue weighted by atomic mass is 9.85. The third-order valence-electron chi connectivity index (χ3n) is 3.59. The molecule has 0 aromatic heterocycles. The van der Waals surface area contributed by atoms with Crippen LogP contribution in [0.1, 0.15) is 24.8 Å². The van der Waals surface area contributed by atoms with E-state index in [1.54, 1.807) is 17.9 Å². The van der Waals surface area contributed by atoms with Crippen molar-refractivity contribution in [3.05, 3.63) is 47.8 Å². The minimum atomic E-state index is -0.245. The molecule has 2 rings (SSSR count). The second kappa shape index (κ2) is 5.53. The molecule has 3 nitrogen and oxygen atoms in total. The first-order valence-corrected chi connectivity index (χ1v) is 6.45. The summed E-state index contributed by atoms with van der Waals surface area (Å²) in [6, 6.07) is 6.38. The lowest BCUT2D eigenvalue weighted by Crippen LogP contribution is -2.49. The van der Waals surface area contributed by atoms with Crippen molar-refractivity contribution in [3.8, 4) is 0 Å². The Labute approximate surface area is 112 Å². The van der Waals surface area contributed by atoms with Gasteiger partial charge in [-0.25, -0.2) is 4.39 Å². The van der Waals surface area contributed by atoms with E-state index in [4.69, 9.17) is 5.73 Å². The van der Waals surface area contributed by atoms with E-state index in [0.29, 0.717) is 18.7 Å².